The summed E-state index contributed by atoms with van der Waals surface area (Å²) in [6.07, 6.45) is 0. The maximum Gasteiger partial charge on any atom is 0.357 e. The van der Waals surface area contributed by atoms with E-state index in [1.54, 1.807) is 0 Å². The van der Waals surface area contributed by atoms with Gasteiger partial charge in [-0.05, 0) is 0 Å². The first-order valence-corrected chi connectivity index (χ1v) is 6.60. The second-order valence-corrected chi connectivity index (χ2v) is 4.81. The minimum Gasteiger partial charge on any atom is -0.321 e. The van der Waals surface area contributed by atoms with E-state index < -0.39 is 50.3 Å². The summed E-state index contributed by atoms with van der Waals surface area (Å²) in [4.78, 5) is 60.1. The van der Waals surface area contributed by atoms with Gasteiger partial charge in [0.15, 0.2) is 5.82 Å². The van der Waals surface area contributed by atoms with Gasteiger partial charge in [-0.1, -0.05) is 0 Å². The second-order valence-electron chi connectivity index (χ2n) is 4.55. The molecular weight excluding hydrogens is 334 g/mol. The molecule has 0 aliphatic heterocycles. The number of pyridine rings is 1. The molecule has 0 saturated carbocycles. The van der Waals surface area contributed by atoms with E-state index in [1.807, 2.05) is 0 Å². The highest BCUT2D eigenvalue weighted by atomic mass is 35.5. The van der Waals surface area contributed by atoms with E-state index in [9.17, 15) is 29.3 Å². The van der Waals surface area contributed by atoms with Crippen LogP contribution in [-0.2, 0) is 18.9 Å². The summed E-state index contributed by atoms with van der Waals surface area (Å²) in [5.41, 5.74) is -4.22. The van der Waals surface area contributed by atoms with Crippen LogP contribution < -0.4 is 22.0 Å². The van der Waals surface area contributed by atoms with Gasteiger partial charge in [-0.2, -0.15) is 0 Å². The van der Waals surface area contributed by atoms with Crippen molar-refractivity contribution in [1.29, 1.82) is 0 Å². The van der Waals surface area contributed by atoms with Crippen molar-refractivity contribution in [1.82, 2.24) is 14.1 Å². The number of carbonyl (C=O) groups is 1. The number of carbonyl (C=O) groups excluding carboxylic acids is 1. The van der Waals surface area contributed by atoms with Crippen LogP contribution in [0.5, 0.6) is 0 Å². The summed E-state index contributed by atoms with van der Waals surface area (Å²) < 4.78 is 1.58. The third-order valence-electron chi connectivity index (χ3n) is 3.16. The summed E-state index contributed by atoms with van der Waals surface area (Å²) >= 11 is 5.31. The predicted molar refractivity (Wildman–Crippen MR) is 81.1 cm³/mol. The summed E-state index contributed by atoms with van der Waals surface area (Å²) in [6, 6.07) is 0. The van der Waals surface area contributed by atoms with Gasteiger partial charge in [-0.3, -0.25) is 33.6 Å². The molecule has 2 N–H and O–H groups in total. The first-order chi connectivity index (χ1) is 10.7. The Labute approximate surface area is 131 Å². The van der Waals surface area contributed by atoms with E-state index in [-0.39, 0.29) is 5.65 Å². The number of aromatic amines is 1. The lowest BCUT2D eigenvalue weighted by Gasteiger charge is -2.10. The Morgan fingerprint density at radius 2 is 1.91 bits per heavy atom. The third kappa shape index (κ3) is 2.50. The number of aryl methyl sites for hydroxylation is 1. The SMILES string of the molecule is Cn1c(=O)c2c(=O)c([N+](=O)[O-])c(NC(=O)CCl)[nH]c2n(C)c1=O. The maximum absolute atomic E-state index is 12.3. The molecule has 0 spiro atoms. The number of hydrogen-bond donors (Lipinski definition) is 2. The van der Waals surface area contributed by atoms with Gasteiger partial charge in [0.1, 0.15) is 16.9 Å². The second kappa shape index (κ2) is 5.68. The number of rotatable bonds is 3. The van der Waals surface area contributed by atoms with Crippen LogP contribution in [0.2, 0.25) is 0 Å². The smallest absolute Gasteiger partial charge is 0.321 e. The third-order valence-corrected chi connectivity index (χ3v) is 3.40. The first-order valence-electron chi connectivity index (χ1n) is 6.06. The lowest BCUT2D eigenvalue weighted by molar-refractivity contribution is -0.385. The molecule has 0 bridgehead atoms. The molecule has 0 atom stereocenters. The van der Waals surface area contributed by atoms with Crippen molar-refractivity contribution in [2.24, 2.45) is 14.1 Å². The molecule has 0 aromatic carbocycles. The van der Waals surface area contributed by atoms with Crippen molar-refractivity contribution in [2.75, 3.05) is 11.2 Å². The molecule has 0 unspecified atom stereocenters. The summed E-state index contributed by atoms with van der Waals surface area (Å²) in [5.74, 6) is -1.87. The highest BCUT2D eigenvalue weighted by molar-refractivity contribution is 6.29. The molecular formula is C11H10ClN5O6. The Morgan fingerprint density at radius 3 is 2.43 bits per heavy atom. The lowest BCUT2D eigenvalue weighted by atomic mass is 10.2. The molecule has 0 radical (unpaired) electrons. The number of fused-ring (bicyclic) bond motifs is 1. The number of hydrogen-bond acceptors (Lipinski definition) is 6. The highest BCUT2D eigenvalue weighted by Gasteiger charge is 2.27. The molecule has 2 rings (SSSR count). The number of aromatic nitrogens is 3. The molecule has 2 aromatic heterocycles. The van der Waals surface area contributed by atoms with Crippen LogP contribution in [0.1, 0.15) is 0 Å². The molecule has 2 heterocycles. The fourth-order valence-electron chi connectivity index (χ4n) is 2.04. The van der Waals surface area contributed by atoms with Crippen LogP contribution in [-0.4, -0.2) is 30.8 Å². The van der Waals surface area contributed by atoms with Crippen LogP contribution in [0, 0.1) is 10.1 Å². The molecule has 1 amide bonds. The Kier molecular flexibility index (Phi) is 4.06. The van der Waals surface area contributed by atoms with Crippen molar-refractivity contribution >= 4 is 40.0 Å². The van der Waals surface area contributed by atoms with Crippen LogP contribution in [0.15, 0.2) is 14.4 Å². The fourth-order valence-corrected chi connectivity index (χ4v) is 2.11. The van der Waals surface area contributed by atoms with E-state index in [4.69, 9.17) is 11.6 Å². The molecule has 0 aliphatic rings. The number of nitrogens with zero attached hydrogens (tertiary/aromatic N) is 3. The van der Waals surface area contributed by atoms with E-state index in [2.05, 4.69) is 10.3 Å². The average molecular weight is 344 g/mol. The van der Waals surface area contributed by atoms with Crippen LogP contribution in [0.4, 0.5) is 11.5 Å². The Balaban J connectivity index is 3.06. The lowest BCUT2D eigenvalue weighted by Crippen LogP contribution is -2.40. The molecule has 11 nitrogen and oxygen atoms in total. The van der Waals surface area contributed by atoms with E-state index in [0.29, 0.717) is 4.57 Å². The number of halogens is 1. The number of amides is 1. The minimum atomic E-state index is -1.22. The van der Waals surface area contributed by atoms with Crippen molar-refractivity contribution in [3.63, 3.8) is 0 Å². The fraction of sp³-hybridized carbons (Fsp3) is 0.273. The molecule has 12 heteroatoms. The van der Waals surface area contributed by atoms with Crippen molar-refractivity contribution in [3.8, 4) is 0 Å². The number of nitro groups is 1. The van der Waals surface area contributed by atoms with Crippen molar-refractivity contribution in [2.45, 2.75) is 0 Å². The van der Waals surface area contributed by atoms with Gasteiger partial charge in [0.2, 0.25) is 5.91 Å². The largest absolute Gasteiger partial charge is 0.357 e. The van der Waals surface area contributed by atoms with Crippen LogP contribution >= 0.6 is 11.6 Å². The first kappa shape index (κ1) is 16.4. The van der Waals surface area contributed by atoms with Gasteiger partial charge in [-0.15, -0.1) is 11.6 Å². The number of nitrogens with one attached hydrogen (secondary N) is 2. The van der Waals surface area contributed by atoms with Gasteiger partial charge in [0, 0.05) is 14.1 Å². The Hall–Kier alpha value is -2.95. The molecule has 0 saturated heterocycles. The topological polar surface area (TPSA) is 149 Å². The number of H-pyrrole nitrogens is 1. The van der Waals surface area contributed by atoms with Crippen LogP contribution in [0.3, 0.4) is 0 Å². The zero-order valence-electron chi connectivity index (χ0n) is 11.9. The molecule has 2 aromatic rings. The Bertz CT molecular complexity index is 1020. The van der Waals surface area contributed by atoms with Crippen molar-refractivity contribution < 1.29 is 9.72 Å². The Morgan fingerprint density at radius 1 is 1.30 bits per heavy atom. The quantitative estimate of drug-likeness (QED) is 0.415. The monoisotopic (exact) mass is 343 g/mol. The van der Waals surface area contributed by atoms with Gasteiger partial charge in [0.25, 0.3) is 11.0 Å². The minimum absolute atomic E-state index is 0.251. The van der Waals surface area contributed by atoms with Crippen LogP contribution in [0.25, 0.3) is 11.0 Å². The van der Waals surface area contributed by atoms with E-state index in [1.165, 1.54) is 7.05 Å². The van der Waals surface area contributed by atoms with E-state index in [0.717, 1.165) is 11.6 Å². The maximum atomic E-state index is 12.3. The zero-order valence-corrected chi connectivity index (χ0v) is 12.6. The molecule has 23 heavy (non-hydrogen) atoms. The normalized spacial score (nSPS) is 10.7. The molecule has 0 aliphatic carbocycles. The zero-order chi connectivity index (χ0) is 17.5. The van der Waals surface area contributed by atoms with Gasteiger partial charge in [0.05, 0.1) is 4.92 Å². The van der Waals surface area contributed by atoms with Crippen molar-refractivity contribution in [3.05, 3.63) is 41.2 Å². The predicted octanol–water partition coefficient (Wildman–Crippen LogP) is -0.989. The number of anilines is 1. The summed E-state index contributed by atoms with van der Waals surface area (Å²) in [7, 11) is 2.40. The standard InChI is InChI=1S/C11H10ClN5O6/c1-15-9-5(10(20)16(2)11(15)21)7(19)6(17(22)23)8(14-9)13-4(18)3-12/h3H2,1-2H3,(H2,13,14,18,19). The highest BCUT2D eigenvalue weighted by Crippen LogP contribution is 2.19. The number of alkyl halides is 1. The summed E-state index contributed by atoms with van der Waals surface area (Å²) in [6.45, 7) is 0. The summed E-state index contributed by atoms with van der Waals surface area (Å²) in [5, 5.41) is 12.6. The average Bonchev–Trinajstić information content (AvgIpc) is 2.49. The molecule has 122 valence electrons. The van der Waals surface area contributed by atoms with Gasteiger partial charge in [-0.25, -0.2) is 4.79 Å². The van der Waals surface area contributed by atoms with E-state index >= 15 is 0 Å². The van der Waals surface area contributed by atoms with Gasteiger partial charge >= 0.3 is 11.4 Å². The van der Waals surface area contributed by atoms with Gasteiger partial charge < -0.3 is 10.3 Å². The molecule has 0 fully saturated rings.